The molecule has 1 aromatic heterocycles. The normalized spacial score (nSPS) is 12.4. The van der Waals surface area contributed by atoms with Gasteiger partial charge in [-0.15, -0.1) is 0 Å². The first-order valence-corrected chi connectivity index (χ1v) is 10.4. The van der Waals surface area contributed by atoms with E-state index in [0.29, 0.717) is 23.0 Å². The highest BCUT2D eigenvalue weighted by atomic mass is 32.2. The minimum Gasteiger partial charge on any atom is -0.341 e. The van der Waals surface area contributed by atoms with Gasteiger partial charge in [0.2, 0.25) is 5.89 Å². The topological polar surface area (TPSA) is 105 Å². The number of sulfonamides is 1. The van der Waals surface area contributed by atoms with Gasteiger partial charge >= 0.3 is 0 Å². The van der Waals surface area contributed by atoms with Crippen LogP contribution in [0.15, 0.2) is 57.9 Å². The molecule has 0 saturated heterocycles. The first-order chi connectivity index (χ1) is 13.7. The van der Waals surface area contributed by atoms with E-state index in [1.165, 1.54) is 11.4 Å². The first kappa shape index (κ1) is 20.5. The van der Waals surface area contributed by atoms with E-state index in [-0.39, 0.29) is 10.8 Å². The van der Waals surface area contributed by atoms with Gasteiger partial charge in [0.25, 0.3) is 15.9 Å². The first-order valence-electron chi connectivity index (χ1n) is 8.95. The lowest BCUT2D eigenvalue weighted by Crippen LogP contribution is -2.28. The van der Waals surface area contributed by atoms with Crippen molar-refractivity contribution in [2.24, 2.45) is 0 Å². The lowest BCUT2D eigenvalue weighted by molar-refractivity contribution is 0.0932. The number of carbonyl (C=O) groups is 1. The van der Waals surface area contributed by atoms with Crippen molar-refractivity contribution in [3.8, 4) is 0 Å². The molecule has 1 heterocycles. The second-order valence-corrected chi connectivity index (χ2v) is 8.68. The van der Waals surface area contributed by atoms with Crippen molar-refractivity contribution >= 4 is 21.6 Å². The van der Waals surface area contributed by atoms with Crippen LogP contribution in [-0.4, -0.2) is 31.5 Å². The quantitative estimate of drug-likeness (QED) is 0.665. The van der Waals surface area contributed by atoms with Crippen molar-refractivity contribution < 1.29 is 17.7 Å². The largest absolute Gasteiger partial charge is 0.341 e. The van der Waals surface area contributed by atoms with E-state index in [0.717, 1.165) is 5.56 Å². The molecule has 152 valence electrons. The van der Waals surface area contributed by atoms with Crippen molar-refractivity contribution in [3.63, 3.8) is 0 Å². The number of nitrogens with one attached hydrogen (secondary N) is 1. The van der Waals surface area contributed by atoms with E-state index in [1.54, 1.807) is 62.4 Å². The van der Waals surface area contributed by atoms with Crippen LogP contribution < -0.4 is 9.62 Å². The van der Waals surface area contributed by atoms with Gasteiger partial charge in [0, 0.05) is 12.6 Å². The summed E-state index contributed by atoms with van der Waals surface area (Å²) in [6.45, 7) is 5.33. The number of benzene rings is 2. The number of carbonyl (C=O) groups excluding carboxylic acids is 1. The molecule has 0 spiro atoms. The molecule has 1 amide bonds. The minimum atomic E-state index is -3.69. The molecule has 1 unspecified atom stereocenters. The SMILES string of the molecule is Cc1ccc(S(=O)(=O)N(C)c2ccc(C(=O)NC(C)c3nc(C)no3)cc2)cc1. The van der Waals surface area contributed by atoms with Crippen molar-refractivity contribution in [1.82, 2.24) is 15.5 Å². The maximum atomic E-state index is 12.8. The van der Waals surface area contributed by atoms with Crippen LogP contribution in [0.3, 0.4) is 0 Å². The molecular formula is C20H22N4O4S. The summed E-state index contributed by atoms with van der Waals surface area (Å²) in [6.07, 6.45) is 0. The second kappa shape index (κ2) is 8.04. The van der Waals surface area contributed by atoms with Crippen molar-refractivity contribution in [2.45, 2.75) is 31.7 Å². The molecule has 0 aliphatic rings. The predicted molar refractivity (Wildman–Crippen MR) is 108 cm³/mol. The molecule has 0 bridgehead atoms. The number of rotatable bonds is 6. The van der Waals surface area contributed by atoms with Crippen LogP contribution in [0.4, 0.5) is 5.69 Å². The molecule has 0 radical (unpaired) electrons. The molecule has 2 aromatic carbocycles. The highest BCUT2D eigenvalue weighted by molar-refractivity contribution is 7.92. The number of amides is 1. The third kappa shape index (κ3) is 4.45. The summed E-state index contributed by atoms with van der Waals surface area (Å²) in [5.41, 5.74) is 1.81. The van der Waals surface area contributed by atoms with Crippen LogP contribution in [0, 0.1) is 13.8 Å². The van der Waals surface area contributed by atoms with Gasteiger partial charge in [0.15, 0.2) is 5.82 Å². The van der Waals surface area contributed by atoms with Gasteiger partial charge in [-0.1, -0.05) is 22.9 Å². The molecule has 3 aromatic rings. The lowest BCUT2D eigenvalue weighted by atomic mass is 10.2. The Morgan fingerprint density at radius 1 is 1.07 bits per heavy atom. The van der Waals surface area contributed by atoms with E-state index >= 15 is 0 Å². The summed E-state index contributed by atoms with van der Waals surface area (Å²) in [7, 11) is -2.21. The van der Waals surface area contributed by atoms with E-state index in [9.17, 15) is 13.2 Å². The standard InChI is InChI=1S/C20H22N4O4S/c1-13-5-11-18(12-6-13)29(26,27)24(4)17-9-7-16(8-10-17)19(25)21-14(2)20-22-15(3)23-28-20/h5-12,14H,1-4H3,(H,21,25). The number of nitrogens with zero attached hydrogens (tertiary/aromatic N) is 3. The van der Waals surface area contributed by atoms with Crippen molar-refractivity contribution in [3.05, 3.63) is 71.4 Å². The fourth-order valence-electron chi connectivity index (χ4n) is 2.66. The van der Waals surface area contributed by atoms with Crippen molar-refractivity contribution in [1.29, 1.82) is 0 Å². The highest BCUT2D eigenvalue weighted by Gasteiger charge is 2.22. The average molecular weight is 414 g/mol. The fourth-order valence-corrected chi connectivity index (χ4v) is 3.86. The van der Waals surface area contributed by atoms with Gasteiger partial charge < -0.3 is 9.84 Å². The zero-order valence-electron chi connectivity index (χ0n) is 16.6. The molecule has 9 heteroatoms. The molecule has 29 heavy (non-hydrogen) atoms. The Bertz CT molecular complexity index is 1110. The van der Waals surface area contributed by atoms with Crippen LogP contribution in [-0.2, 0) is 10.0 Å². The monoisotopic (exact) mass is 414 g/mol. The molecule has 0 fully saturated rings. The Labute approximate surface area is 169 Å². The molecule has 1 N–H and O–H groups in total. The smallest absolute Gasteiger partial charge is 0.264 e. The number of anilines is 1. The maximum Gasteiger partial charge on any atom is 0.264 e. The molecule has 1 atom stereocenters. The van der Waals surface area contributed by atoms with Gasteiger partial charge in [0.05, 0.1) is 10.6 Å². The van der Waals surface area contributed by atoms with Gasteiger partial charge in [0.1, 0.15) is 6.04 Å². The van der Waals surface area contributed by atoms with E-state index in [4.69, 9.17) is 4.52 Å². The Hall–Kier alpha value is -3.20. The van der Waals surface area contributed by atoms with Crippen LogP contribution in [0.25, 0.3) is 0 Å². The summed E-state index contributed by atoms with van der Waals surface area (Å²) in [5, 5.41) is 6.47. The summed E-state index contributed by atoms with van der Waals surface area (Å²) in [4.78, 5) is 16.7. The number of hydrogen-bond acceptors (Lipinski definition) is 6. The van der Waals surface area contributed by atoms with E-state index < -0.39 is 16.1 Å². The molecule has 3 rings (SSSR count). The molecule has 0 aliphatic heterocycles. The third-order valence-electron chi connectivity index (χ3n) is 4.43. The Morgan fingerprint density at radius 2 is 1.69 bits per heavy atom. The van der Waals surface area contributed by atoms with Crippen molar-refractivity contribution in [2.75, 3.05) is 11.4 Å². The zero-order valence-corrected chi connectivity index (χ0v) is 17.4. The van der Waals surface area contributed by atoms with Gasteiger partial charge in [-0.05, 0) is 57.2 Å². The fraction of sp³-hybridized carbons (Fsp3) is 0.250. The summed E-state index contributed by atoms with van der Waals surface area (Å²) in [6, 6.07) is 12.5. The Morgan fingerprint density at radius 3 is 2.24 bits per heavy atom. The summed E-state index contributed by atoms with van der Waals surface area (Å²) >= 11 is 0. The van der Waals surface area contributed by atoms with E-state index in [2.05, 4.69) is 15.5 Å². The Kier molecular flexibility index (Phi) is 5.69. The highest BCUT2D eigenvalue weighted by Crippen LogP contribution is 2.23. The molecule has 0 aliphatic carbocycles. The molecule has 0 saturated carbocycles. The van der Waals surface area contributed by atoms with Gasteiger partial charge in [-0.25, -0.2) is 8.42 Å². The van der Waals surface area contributed by atoms with Gasteiger partial charge in [-0.2, -0.15) is 4.98 Å². The number of hydrogen-bond donors (Lipinski definition) is 1. The van der Waals surface area contributed by atoms with Crippen LogP contribution in [0.5, 0.6) is 0 Å². The summed E-state index contributed by atoms with van der Waals surface area (Å²) < 4.78 is 31.8. The van der Waals surface area contributed by atoms with Crippen LogP contribution in [0.2, 0.25) is 0 Å². The minimum absolute atomic E-state index is 0.205. The van der Waals surface area contributed by atoms with Gasteiger partial charge in [-0.3, -0.25) is 9.10 Å². The average Bonchev–Trinajstić information content (AvgIpc) is 3.14. The van der Waals surface area contributed by atoms with E-state index in [1.807, 2.05) is 6.92 Å². The maximum absolute atomic E-state index is 12.8. The predicted octanol–water partition coefficient (Wildman–Crippen LogP) is 3.00. The number of aryl methyl sites for hydroxylation is 2. The van der Waals surface area contributed by atoms with Crippen LogP contribution in [0.1, 0.15) is 40.6 Å². The Balaban J connectivity index is 1.73. The third-order valence-corrected chi connectivity index (χ3v) is 6.23. The number of aromatic nitrogens is 2. The van der Waals surface area contributed by atoms with Crippen LogP contribution >= 0.6 is 0 Å². The summed E-state index contributed by atoms with van der Waals surface area (Å²) in [5.74, 6) is 0.476. The second-order valence-electron chi connectivity index (χ2n) is 6.71. The lowest BCUT2D eigenvalue weighted by Gasteiger charge is -2.20. The molecular weight excluding hydrogens is 392 g/mol. The molecule has 8 nitrogen and oxygen atoms in total. The zero-order chi connectivity index (χ0) is 21.2.